The van der Waals surface area contributed by atoms with Crippen molar-refractivity contribution < 1.29 is 0 Å². The van der Waals surface area contributed by atoms with Gasteiger partial charge in [-0.25, -0.2) is 13.9 Å². The summed E-state index contributed by atoms with van der Waals surface area (Å²) in [7, 11) is 1.57. The maximum absolute atomic E-state index is 13.9. The summed E-state index contributed by atoms with van der Waals surface area (Å²) in [4.78, 5) is 40.8. The molecule has 0 radical (unpaired) electrons. The number of benzene rings is 3. The second-order valence-electron chi connectivity index (χ2n) is 8.66. The normalized spacial score (nSPS) is 10.8. The van der Waals surface area contributed by atoms with Crippen LogP contribution in [0.5, 0.6) is 0 Å². The number of rotatable bonds is 6. The summed E-state index contributed by atoms with van der Waals surface area (Å²) in [5.41, 5.74) is 2.12. The van der Waals surface area contributed by atoms with E-state index in [1.165, 1.54) is 20.8 Å². The maximum Gasteiger partial charge on any atom is 0.341 e. The molecule has 5 aromatic rings. The fraction of sp³-hybridized carbons (Fsp3) is 0.138. The van der Waals surface area contributed by atoms with Gasteiger partial charge in [-0.15, -0.1) is 12.4 Å². The third-order valence-corrected chi connectivity index (χ3v) is 6.22. The lowest BCUT2D eigenvalue weighted by Crippen LogP contribution is -2.40. The van der Waals surface area contributed by atoms with Gasteiger partial charge in [0.25, 0.3) is 11.1 Å². The molecule has 0 aliphatic rings. The first-order chi connectivity index (χ1) is 17.5. The molecule has 8 heteroatoms. The summed E-state index contributed by atoms with van der Waals surface area (Å²) in [6.07, 6.45) is 2.02. The molecule has 0 bridgehead atoms. The van der Waals surface area contributed by atoms with Gasteiger partial charge in [0.2, 0.25) is 0 Å². The van der Waals surface area contributed by atoms with Gasteiger partial charge >= 0.3 is 5.69 Å². The van der Waals surface area contributed by atoms with Gasteiger partial charge in [0.05, 0.1) is 17.1 Å². The van der Waals surface area contributed by atoms with Gasteiger partial charge in [-0.05, 0) is 48.4 Å². The fourth-order valence-electron chi connectivity index (χ4n) is 4.46. The van der Waals surface area contributed by atoms with Crippen LogP contribution in [0.1, 0.15) is 18.9 Å². The number of para-hydroxylation sites is 2. The van der Waals surface area contributed by atoms with Crippen LogP contribution in [0.3, 0.4) is 0 Å². The second-order valence-corrected chi connectivity index (χ2v) is 8.66. The van der Waals surface area contributed by atoms with Gasteiger partial charge in [-0.3, -0.25) is 14.2 Å². The van der Waals surface area contributed by atoms with Crippen LogP contribution < -0.4 is 22.1 Å². The number of fused-ring (bicyclic) bond motifs is 1. The van der Waals surface area contributed by atoms with E-state index in [4.69, 9.17) is 0 Å². The van der Waals surface area contributed by atoms with Crippen molar-refractivity contribution in [3.05, 3.63) is 128 Å². The van der Waals surface area contributed by atoms with Crippen LogP contribution in [0.4, 0.5) is 11.4 Å². The minimum absolute atomic E-state index is 0. The number of aromatic nitrogens is 3. The molecule has 0 spiro atoms. The molecule has 5 rings (SSSR count). The molecule has 0 unspecified atom stereocenters. The van der Waals surface area contributed by atoms with Crippen molar-refractivity contribution in [1.29, 1.82) is 0 Å². The molecule has 37 heavy (non-hydrogen) atoms. The number of nitrogens with one attached hydrogen (secondary N) is 1. The van der Waals surface area contributed by atoms with Gasteiger partial charge in [0.15, 0.2) is 0 Å². The first-order valence-corrected chi connectivity index (χ1v) is 11.9. The van der Waals surface area contributed by atoms with Crippen LogP contribution in [-0.2, 0) is 13.5 Å². The number of nitrogens with zero attached hydrogens (tertiary/aromatic N) is 3. The van der Waals surface area contributed by atoms with Gasteiger partial charge in [-0.1, -0.05) is 61.9 Å². The van der Waals surface area contributed by atoms with Crippen LogP contribution >= 0.6 is 12.4 Å². The lowest BCUT2D eigenvalue weighted by atomic mass is 10.1. The maximum atomic E-state index is 13.9. The Hall–Kier alpha value is -4.36. The molecule has 0 atom stereocenters. The SMILES string of the molecule is CCCc1ccc(Nc2cc(=O)n(C)c3c2c(=O)n(-c2ccccc2)c(=O)n3-c2ccccc2)cc1.Cl. The van der Waals surface area contributed by atoms with Crippen molar-refractivity contribution in [3.8, 4) is 11.4 Å². The molecule has 0 aliphatic carbocycles. The summed E-state index contributed by atoms with van der Waals surface area (Å²) in [6.45, 7) is 2.13. The summed E-state index contributed by atoms with van der Waals surface area (Å²) >= 11 is 0. The van der Waals surface area contributed by atoms with Crippen molar-refractivity contribution >= 4 is 34.8 Å². The van der Waals surface area contributed by atoms with Crippen molar-refractivity contribution in [3.63, 3.8) is 0 Å². The van der Waals surface area contributed by atoms with E-state index in [0.717, 1.165) is 23.1 Å². The lowest BCUT2D eigenvalue weighted by molar-refractivity contribution is 0.784. The fourth-order valence-corrected chi connectivity index (χ4v) is 4.46. The molecule has 3 aromatic carbocycles. The topological polar surface area (TPSA) is 78.0 Å². The van der Waals surface area contributed by atoms with Crippen LogP contribution in [0.2, 0.25) is 0 Å². The zero-order valence-corrected chi connectivity index (χ0v) is 21.4. The van der Waals surface area contributed by atoms with Gasteiger partial charge < -0.3 is 5.32 Å². The highest BCUT2D eigenvalue weighted by Crippen LogP contribution is 2.24. The van der Waals surface area contributed by atoms with E-state index in [2.05, 4.69) is 12.2 Å². The largest absolute Gasteiger partial charge is 0.355 e. The van der Waals surface area contributed by atoms with Gasteiger partial charge in [0, 0.05) is 18.8 Å². The predicted molar refractivity (Wildman–Crippen MR) is 151 cm³/mol. The van der Waals surface area contributed by atoms with E-state index >= 15 is 0 Å². The van der Waals surface area contributed by atoms with Crippen LogP contribution in [0, 0.1) is 0 Å². The van der Waals surface area contributed by atoms with E-state index < -0.39 is 11.2 Å². The monoisotopic (exact) mass is 514 g/mol. The Kier molecular flexibility index (Phi) is 7.45. The molecule has 2 aromatic heterocycles. The van der Waals surface area contributed by atoms with E-state index in [9.17, 15) is 14.4 Å². The van der Waals surface area contributed by atoms with Crippen molar-refractivity contribution in [2.75, 3.05) is 5.32 Å². The van der Waals surface area contributed by atoms with E-state index in [-0.39, 0.29) is 29.0 Å². The zero-order chi connectivity index (χ0) is 25.2. The van der Waals surface area contributed by atoms with Crippen LogP contribution in [-0.4, -0.2) is 13.7 Å². The molecule has 0 fully saturated rings. The highest BCUT2D eigenvalue weighted by atomic mass is 35.5. The summed E-state index contributed by atoms with van der Waals surface area (Å²) in [5, 5.41) is 3.50. The number of halogens is 1. The lowest BCUT2D eigenvalue weighted by Gasteiger charge is -2.19. The standard InChI is InChI=1S/C29H26N4O3.ClH/c1-3-10-20-15-17-21(18-16-20)30-24-19-25(34)31(2)27-26(24)28(35)33(23-13-8-5-9-14-23)29(36)32(27)22-11-6-4-7-12-22;/h4-9,11-19,30H,3,10H2,1-2H3;1H. The Morgan fingerprint density at radius 2 is 1.32 bits per heavy atom. The molecule has 0 saturated carbocycles. The Morgan fingerprint density at radius 1 is 0.757 bits per heavy atom. The Labute approximate surface area is 219 Å². The van der Waals surface area contributed by atoms with Crippen LogP contribution in [0.25, 0.3) is 22.4 Å². The van der Waals surface area contributed by atoms with Gasteiger partial charge in [-0.2, -0.15) is 0 Å². The minimum atomic E-state index is -0.555. The molecule has 188 valence electrons. The molecule has 0 aliphatic heterocycles. The number of hydrogen-bond acceptors (Lipinski definition) is 4. The Balaban J connectivity index is 0.00000320. The van der Waals surface area contributed by atoms with Crippen molar-refractivity contribution in [2.24, 2.45) is 7.05 Å². The Bertz CT molecular complexity index is 1720. The molecule has 1 N–H and O–H groups in total. The second kappa shape index (κ2) is 10.7. The summed E-state index contributed by atoms with van der Waals surface area (Å²) in [6, 6.07) is 27.1. The van der Waals surface area contributed by atoms with Crippen molar-refractivity contribution in [2.45, 2.75) is 19.8 Å². The predicted octanol–water partition coefficient (Wildman–Crippen LogP) is 4.96. The third-order valence-electron chi connectivity index (χ3n) is 6.22. The molecule has 7 nitrogen and oxygen atoms in total. The molecular weight excluding hydrogens is 488 g/mol. The van der Waals surface area contributed by atoms with E-state index in [1.807, 2.05) is 48.5 Å². The molecule has 0 saturated heterocycles. The smallest absolute Gasteiger partial charge is 0.341 e. The average Bonchev–Trinajstić information content (AvgIpc) is 2.89. The average molecular weight is 515 g/mol. The third kappa shape index (κ3) is 4.73. The summed E-state index contributed by atoms with van der Waals surface area (Å²) < 4.78 is 3.91. The van der Waals surface area contributed by atoms with Gasteiger partial charge in [0.1, 0.15) is 11.0 Å². The quantitative estimate of drug-likeness (QED) is 0.347. The van der Waals surface area contributed by atoms with Crippen LogP contribution in [0.15, 0.2) is 105 Å². The van der Waals surface area contributed by atoms with Crippen molar-refractivity contribution in [1.82, 2.24) is 13.7 Å². The minimum Gasteiger partial charge on any atom is -0.355 e. The Morgan fingerprint density at radius 3 is 1.89 bits per heavy atom. The first-order valence-electron chi connectivity index (χ1n) is 11.9. The highest BCUT2D eigenvalue weighted by molar-refractivity contribution is 5.91. The molecule has 0 amide bonds. The first kappa shape index (κ1) is 25.7. The molecule has 2 heterocycles. The number of hydrogen-bond donors (Lipinski definition) is 1. The molecular formula is C29H27ClN4O3. The number of aryl methyl sites for hydroxylation is 2. The number of pyridine rings is 1. The summed E-state index contributed by atoms with van der Waals surface area (Å²) in [5.74, 6) is 0. The van der Waals surface area contributed by atoms with E-state index in [0.29, 0.717) is 17.1 Å². The highest BCUT2D eigenvalue weighted by Gasteiger charge is 2.21. The number of anilines is 2. The zero-order valence-electron chi connectivity index (χ0n) is 20.5. The van der Waals surface area contributed by atoms with E-state index in [1.54, 1.807) is 43.4 Å².